The molecule has 1 aromatic heterocycles. The SMILES string of the molecule is C[C@@H](Cn1cccn1)NC(=O)CCc1ccc(F)cc1. The summed E-state index contributed by atoms with van der Waals surface area (Å²) < 4.78 is 14.5. The number of nitrogens with zero attached hydrogens (tertiary/aromatic N) is 2. The van der Waals surface area contributed by atoms with Gasteiger partial charge in [-0.15, -0.1) is 0 Å². The number of aryl methyl sites for hydroxylation is 1. The minimum absolute atomic E-state index is 0.00557. The van der Waals surface area contributed by atoms with Crippen LogP contribution in [0.5, 0.6) is 0 Å². The second-order valence-corrected chi connectivity index (χ2v) is 4.82. The molecule has 0 unspecified atom stereocenters. The molecular formula is C15H18FN3O. The van der Waals surface area contributed by atoms with Gasteiger partial charge in [-0.25, -0.2) is 4.39 Å². The van der Waals surface area contributed by atoms with E-state index in [0.29, 0.717) is 19.4 Å². The molecule has 0 spiro atoms. The highest BCUT2D eigenvalue weighted by Crippen LogP contribution is 2.05. The van der Waals surface area contributed by atoms with Gasteiger partial charge in [0.25, 0.3) is 0 Å². The highest BCUT2D eigenvalue weighted by atomic mass is 19.1. The van der Waals surface area contributed by atoms with Crippen LogP contribution in [0, 0.1) is 5.82 Å². The van der Waals surface area contributed by atoms with Gasteiger partial charge in [-0.1, -0.05) is 12.1 Å². The van der Waals surface area contributed by atoms with Crippen molar-refractivity contribution in [1.82, 2.24) is 15.1 Å². The summed E-state index contributed by atoms with van der Waals surface area (Å²) in [5.74, 6) is -0.264. The molecular weight excluding hydrogens is 257 g/mol. The van der Waals surface area contributed by atoms with Crippen molar-refractivity contribution < 1.29 is 9.18 Å². The number of hydrogen-bond acceptors (Lipinski definition) is 2. The molecule has 2 rings (SSSR count). The number of rotatable bonds is 6. The molecule has 5 heteroatoms. The summed E-state index contributed by atoms with van der Waals surface area (Å²) in [7, 11) is 0. The second-order valence-electron chi connectivity index (χ2n) is 4.82. The van der Waals surface area contributed by atoms with Crippen LogP contribution in [0.15, 0.2) is 42.7 Å². The fourth-order valence-electron chi connectivity index (χ4n) is 1.99. The molecule has 1 atom stereocenters. The predicted molar refractivity (Wildman–Crippen MR) is 74.6 cm³/mol. The molecule has 1 heterocycles. The molecule has 1 N–H and O–H groups in total. The van der Waals surface area contributed by atoms with Gasteiger partial charge in [-0.2, -0.15) is 5.10 Å². The maximum Gasteiger partial charge on any atom is 0.220 e. The van der Waals surface area contributed by atoms with Crippen LogP contribution in [-0.2, 0) is 17.8 Å². The topological polar surface area (TPSA) is 46.9 Å². The second kappa shape index (κ2) is 6.84. The van der Waals surface area contributed by atoms with E-state index in [4.69, 9.17) is 0 Å². The molecule has 20 heavy (non-hydrogen) atoms. The molecule has 0 aliphatic heterocycles. The van der Waals surface area contributed by atoms with Crippen LogP contribution < -0.4 is 5.32 Å². The summed E-state index contributed by atoms with van der Waals surface area (Å²) in [5, 5.41) is 7.02. The summed E-state index contributed by atoms with van der Waals surface area (Å²) >= 11 is 0. The molecule has 2 aromatic rings. The first-order valence-corrected chi connectivity index (χ1v) is 6.65. The van der Waals surface area contributed by atoms with E-state index in [1.165, 1.54) is 12.1 Å². The number of carbonyl (C=O) groups excluding carboxylic acids is 1. The first-order valence-electron chi connectivity index (χ1n) is 6.65. The Morgan fingerprint density at radius 3 is 2.80 bits per heavy atom. The van der Waals surface area contributed by atoms with E-state index in [1.807, 2.05) is 19.2 Å². The highest BCUT2D eigenvalue weighted by molar-refractivity contribution is 5.76. The minimum atomic E-state index is -0.258. The summed E-state index contributed by atoms with van der Waals surface area (Å²) in [6.07, 6.45) is 4.58. The Hall–Kier alpha value is -2.17. The van der Waals surface area contributed by atoms with Crippen LogP contribution in [0.3, 0.4) is 0 Å². The summed E-state index contributed by atoms with van der Waals surface area (Å²) in [6.45, 7) is 2.59. The molecule has 106 valence electrons. The van der Waals surface area contributed by atoms with Crippen molar-refractivity contribution in [1.29, 1.82) is 0 Å². The van der Waals surface area contributed by atoms with E-state index >= 15 is 0 Å². The highest BCUT2D eigenvalue weighted by Gasteiger charge is 2.08. The molecule has 0 bridgehead atoms. The van der Waals surface area contributed by atoms with Gasteiger partial charge >= 0.3 is 0 Å². The number of benzene rings is 1. The Balaban J connectivity index is 1.73. The van der Waals surface area contributed by atoms with Crippen molar-refractivity contribution in [2.75, 3.05) is 0 Å². The van der Waals surface area contributed by atoms with Crippen LogP contribution in [0.2, 0.25) is 0 Å². The van der Waals surface area contributed by atoms with Crippen LogP contribution in [-0.4, -0.2) is 21.7 Å². The van der Waals surface area contributed by atoms with Gasteiger partial charge in [-0.3, -0.25) is 9.48 Å². The normalized spacial score (nSPS) is 12.1. The summed E-state index contributed by atoms with van der Waals surface area (Å²) in [6, 6.07) is 8.10. The Kier molecular flexibility index (Phi) is 4.87. The number of nitrogens with one attached hydrogen (secondary N) is 1. The van der Waals surface area contributed by atoms with Gasteiger partial charge in [0, 0.05) is 24.9 Å². The molecule has 0 aliphatic carbocycles. The fourth-order valence-corrected chi connectivity index (χ4v) is 1.99. The average molecular weight is 275 g/mol. The van der Waals surface area contributed by atoms with Gasteiger partial charge in [0.15, 0.2) is 0 Å². The lowest BCUT2D eigenvalue weighted by atomic mass is 10.1. The summed E-state index contributed by atoms with van der Waals surface area (Å²) in [5.41, 5.74) is 0.960. The maximum absolute atomic E-state index is 12.8. The Morgan fingerprint density at radius 2 is 2.15 bits per heavy atom. The van der Waals surface area contributed by atoms with Gasteiger partial charge in [-0.05, 0) is 37.1 Å². The van der Waals surface area contributed by atoms with Crippen molar-refractivity contribution >= 4 is 5.91 Å². The van der Waals surface area contributed by atoms with E-state index in [0.717, 1.165) is 5.56 Å². The molecule has 1 aromatic carbocycles. The quantitative estimate of drug-likeness (QED) is 0.878. The molecule has 0 radical (unpaired) electrons. The Bertz CT molecular complexity index is 537. The van der Waals surface area contributed by atoms with Gasteiger partial charge in [0.1, 0.15) is 5.82 Å². The van der Waals surface area contributed by atoms with E-state index in [1.54, 1.807) is 23.0 Å². The van der Waals surface area contributed by atoms with E-state index in [9.17, 15) is 9.18 Å². The van der Waals surface area contributed by atoms with Crippen molar-refractivity contribution in [2.24, 2.45) is 0 Å². The Morgan fingerprint density at radius 1 is 1.40 bits per heavy atom. The molecule has 4 nitrogen and oxygen atoms in total. The molecule has 0 aliphatic rings. The lowest BCUT2D eigenvalue weighted by molar-refractivity contribution is -0.121. The van der Waals surface area contributed by atoms with Gasteiger partial charge in [0.05, 0.1) is 6.54 Å². The van der Waals surface area contributed by atoms with Crippen molar-refractivity contribution in [3.63, 3.8) is 0 Å². The van der Waals surface area contributed by atoms with Gasteiger partial charge < -0.3 is 5.32 Å². The van der Waals surface area contributed by atoms with Crippen LogP contribution in [0.4, 0.5) is 4.39 Å². The third-order valence-electron chi connectivity index (χ3n) is 2.98. The van der Waals surface area contributed by atoms with Crippen LogP contribution in [0.1, 0.15) is 18.9 Å². The maximum atomic E-state index is 12.8. The van der Waals surface area contributed by atoms with E-state index in [-0.39, 0.29) is 17.8 Å². The zero-order chi connectivity index (χ0) is 14.4. The third kappa shape index (κ3) is 4.50. The van der Waals surface area contributed by atoms with Crippen molar-refractivity contribution in [3.05, 3.63) is 54.1 Å². The smallest absolute Gasteiger partial charge is 0.220 e. The average Bonchev–Trinajstić information content (AvgIpc) is 2.90. The zero-order valence-electron chi connectivity index (χ0n) is 11.4. The standard InChI is InChI=1S/C15H18FN3O/c1-12(11-19-10-2-9-17-19)18-15(20)8-5-13-3-6-14(16)7-4-13/h2-4,6-7,9-10,12H,5,8,11H2,1H3,(H,18,20)/t12-/m0/s1. The van der Waals surface area contributed by atoms with Crippen LogP contribution >= 0.6 is 0 Å². The number of aromatic nitrogens is 2. The lowest BCUT2D eigenvalue weighted by Gasteiger charge is -2.14. The molecule has 0 saturated heterocycles. The monoisotopic (exact) mass is 275 g/mol. The van der Waals surface area contributed by atoms with E-state index < -0.39 is 0 Å². The molecule has 0 saturated carbocycles. The first kappa shape index (κ1) is 14.2. The van der Waals surface area contributed by atoms with Crippen molar-refractivity contribution in [3.8, 4) is 0 Å². The Labute approximate surface area is 117 Å². The third-order valence-corrected chi connectivity index (χ3v) is 2.98. The fraction of sp³-hybridized carbons (Fsp3) is 0.333. The van der Waals surface area contributed by atoms with Crippen LogP contribution in [0.25, 0.3) is 0 Å². The largest absolute Gasteiger partial charge is 0.352 e. The van der Waals surface area contributed by atoms with Gasteiger partial charge in [0.2, 0.25) is 5.91 Å². The molecule has 1 amide bonds. The number of amides is 1. The number of carbonyl (C=O) groups is 1. The van der Waals surface area contributed by atoms with Crippen molar-refractivity contribution in [2.45, 2.75) is 32.4 Å². The summed E-state index contributed by atoms with van der Waals surface area (Å²) in [4.78, 5) is 11.8. The number of hydrogen-bond donors (Lipinski definition) is 1. The lowest BCUT2D eigenvalue weighted by Crippen LogP contribution is -2.35. The molecule has 0 fully saturated rings. The van der Waals surface area contributed by atoms with E-state index in [2.05, 4.69) is 10.4 Å². The predicted octanol–water partition coefficient (Wildman–Crippen LogP) is 2.16. The first-order chi connectivity index (χ1) is 9.63. The number of halogens is 1. The minimum Gasteiger partial charge on any atom is -0.352 e. The zero-order valence-corrected chi connectivity index (χ0v) is 11.4.